The molecule has 1 aliphatic carbocycles. The van der Waals surface area contributed by atoms with Crippen molar-refractivity contribution in [3.05, 3.63) is 51.6 Å². The molecule has 0 spiro atoms. The number of nitrogens with one attached hydrogen (secondary N) is 2. The zero-order valence-corrected chi connectivity index (χ0v) is 14.4. The smallest absolute Gasteiger partial charge is 0.251 e. The van der Waals surface area contributed by atoms with Crippen LogP contribution in [0.3, 0.4) is 0 Å². The van der Waals surface area contributed by atoms with Crippen molar-refractivity contribution in [3.8, 4) is 0 Å². The van der Waals surface area contributed by atoms with Gasteiger partial charge in [0.25, 0.3) is 5.91 Å². The molecule has 0 aliphatic heterocycles. The van der Waals surface area contributed by atoms with Gasteiger partial charge in [0.05, 0.1) is 5.01 Å². The summed E-state index contributed by atoms with van der Waals surface area (Å²) < 4.78 is 0. The Morgan fingerprint density at radius 3 is 3.04 bits per heavy atom. The Hall–Kier alpha value is -2.14. The highest BCUT2D eigenvalue weighted by molar-refractivity contribution is 7.09. The summed E-state index contributed by atoms with van der Waals surface area (Å²) in [5, 5.41) is 7.24. The van der Waals surface area contributed by atoms with Gasteiger partial charge < -0.3 is 10.3 Å². The number of hydrogen-bond donors (Lipinski definition) is 2. The minimum atomic E-state index is -0.00275. The zero-order chi connectivity index (χ0) is 16.4. The number of benzene rings is 1. The molecule has 1 amide bonds. The molecule has 5 heteroatoms. The molecule has 0 radical (unpaired) electrons. The number of rotatable bonds is 4. The van der Waals surface area contributed by atoms with E-state index >= 15 is 0 Å². The summed E-state index contributed by atoms with van der Waals surface area (Å²) in [4.78, 5) is 20.2. The van der Waals surface area contributed by atoms with Crippen molar-refractivity contribution in [2.75, 3.05) is 6.54 Å². The number of H-pyrrole nitrogens is 1. The Morgan fingerprint density at radius 1 is 1.25 bits per heavy atom. The maximum absolute atomic E-state index is 12.4. The lowest BCUT2D eigenvalue weighted by Gasteiger charge is -2.05. The van der Waals surface area contributed by atoms with Crippen LogP contribution in [0.15, 0.2) is 29.8 Å². The summed E-state index contributed by atoms with van der Waals surface area (Å²) in [7, 11) is 0. The van der Waals surface area contributed by atoms with E-state index in [4.69, 9.17) is 0 Å². The molecular formula is C19H21N3OS. The van der Waals surface area contributed by atoms with Crippen LogP contribution in [-0.2, 0) is 19.3 Å². The normalized spacial score (nSPS) is 14.3. The number of carbonyl (C=O) groups excluding carboxylic acids is 1. The highest BCUT2D eigenvalue weighted by Crippen LogP contribution is 2.29. The molecule has 3 aromatic rings. The van der Waals surface area contributed by atoms with Crippen LogP contribution in [0.1, 0.15) is 45.9 Å². The average molecular weight is 339 g/mol. The topological polar surface area (TPSA) is 57.8 Å². The summed E-state index contributed by atoms with van der Waals surface area (Å²) in [6, 6.07) is 6.01. The van der Waals surface area contributed by atoms with Crippen LogP contribution >= 0.6 is 11.3 Å². The first kappa shape index (κ1) is 15.4. The fourth-order valence-electron chi connectivity index (χ4n) is 3.49. The SMILES string of the molecule is O=C(NCCc1nccs1)c1ccc2[nH]c3c(c2c1)CCCCC3. The quantitative estimate of drug-likeness (QED) is 0.709. The molecular weight excluding hydrogens is 318 g/mol. The molecule has 2 N–H and O–H groups in total. The lowest BCUT2D eigenvalue weighted by atomic mass is 10.0. The Balaban J connectivity index is 1.51. The molecule has 24 heavy (non-hydrogen) atoms. The highest BCUT2D eigenvalue weighted by Gasteiger charge is 2.16. The van der Waals surface area contributed by atoms with Crippen molar-refractivity contribution in [2.24, 2.45) is 0 Å². The Morgan fingerprint density at radius 2 is 2.17 bits per heavy atom. The third kappa shape index (κ3) is 3.08. The van der Waals surface area contributed by atoms with Crippen LogP contribution in [0.4, 0.5) is 0 Å². The van der Waals surface area contributed by atoms with Gasteiger partial charge in [-0.2, -0.15) is 0 Å². The number of aromatic nitrogens is 2. The van der Waals surface area contributed by atoms with Gasteiger partial charge in [0.2, 0.25) is 0 Å². The van der Waals surface area contributed by atoms with Crippen molar-refractivity contribution in [2.45, 2.75) is 38.5 Å². The van der Waals surface area contributed by atoms with Gasteiger partial charge >= 0.3 is 0 Å². The van der Waals surface area contributed by atoms with Gasteiger partial charge in [0.15, 0.2) is 0 Å². The number of aromatic amines is 1. The van der Waals surface area contributed by atoms with E-state index in [2.05, 4.69) is 21.4 Å². The predicted molar refractivity (Wildman–Crippen MR) is 97.7 cm³/mol. The molecule has 2 aromatic heterocycles. The molecule has 0 saturated carbocycles. The van der Waals surface area contributed by atoms with E-state index in [9.17, 15) is 4.79 Å². The summed E-state index contributed by atoms with van der Waals surface area (Å²) in [6.07, 6.45) is 8.61. The summed E-state index contributed by atoms with van der Waals surface area (Å²) in [5.41, 5.74) is 4.68. The molecule has 124 valence electrons. The second-order valence-corrected chi connectivity index (χ2v) is 7.31. The third-order valence-electron chi connectivity index (χ3n) is 4.72. The molecule has 0 saturated heterocycles. The number of carbonyl (C=O) groups is 1. The fourth-order valence-corrected chi connectivity index (χ4v) is 4.11. The van der Waals surface area contributed by atoms with Gasteiger partial charge in [-0.25, -0.2) is 4.98 Å². The van der Waals surface area contributed by atoms with E-state index in [1.807, 2.05) is 17.5 Å². The molecule has 4 rings (SSSR count). The van der Waals surface area contributed by atoms with Crippen LogP contribution in [-0.4, -0.2) is 22.4 Å². The molecule has 1 aliphatic rings. The van der Waals surface area contributed by atoms with Crippen molar-refractivity contribution in [3.63, 3.8) is 0 Å². The van der Waals surface area contributed by atoms with Crippen molar-refractivity contribution < 1.29 is 4.79 Å². The molecule has 2 heterocycles. The average Bonchev–Trinajstić information content (AvgIpc) is 3.16. The number of aryl methyl sites for hydroxylation is 2. The zero-order valence-electron chi connectivity index (χ0n) is 13.6. The second-order valence-electron chi connectivity index (χ2n) is 6.33. The monoisotopic (exact) mass is 339 g/mol. The van der Waals surface area contributed by atoms with Crippen molar-refractivity contribution >= 4 is 28.1 Å². The maximum Gasteiger partial charge on any atom is 0.251 e. The van der Waals surface area contributed by atoms with E-state index in [-0.39, 0.29) is 5.91 Å². The van der Waals surface area contributed by atoms with Crippen molar-refractivity contribution in [1.29, 1.82) is 0 Å². The Kier molecular flexibility index (Phi) is 4.34. The first-order valence-electron chi connectivity index (χ1n) is 8.61. The molecule has 0 atom stereocenters. The number of nitrogens with zero attached hydrogens (tertiary/aromatic N) is 1. The number of thiazole rings is 1. The van der Waals surface area contributed by atoms with Gasteiger partial charge in [0.1, 0.15) is 0 Å². The summed E-state index contributed by atoms with van der Waals surface area (Å²) in [5.74, 6) is -0.00275. The standard InChI is InChI=1S/C19H21N3OS/c23-19(21-9-8-18-20-10-11-24-18)13-6-7-17-15(12-13)14-4-2-1-3-5-16(14)22-17/h6-7,10-12,22H,1-5,8-9H2,(H,21,23). The number of fused-ring (bicyclic) bond motifs is 3. The lowest BCUT2D eigenvalue weighted by molar-refractivity contribution is 0.0954. The maximum atomic E-state index is 12.4. The van der Waals surface area contributed by atoms with E-state index in [0.717, 1.165) is 35.4 Å². The van der Waals surface area contributed by atoms with E-state index in [1.54, 1.807) is 17.5 Å². The first-order chi connectivity index (χ1) is 11.8. The minimum Gasteiger partial charge on any atom is -0.358 e. The Labute approximate surface area is 145 Å². The van der Waals surface area contributed by atoms with Crippen LogP contribution in [0.2, 0.25) is 0 Å². The van der Waals surface area contributed by atoms with E-state index in [0.29, 0.717) is 6.54 Å². The molecule has 0 fully saturated rings. The highest BCUT2D eigenvalue weighted by atomic mass is 32.1. The minimum absolute atomic E-state index is 0.00275. The van der Waals surface area contributed by atoms with Crippen LogP contribution < -0.4 is 5.32 Å². The summed E-state index contributed by atoms with van der Waals surface area (Å²) >= 11 is 1.62. The molecule has 4 nitrogen and oxygen atoms in total. The number of hydrogen-bond acceptors (Lipinski definition) is 3. The van der Waals surface area contributed by atoms with E-state index < -0.39 is 0 Å². The van der Waals surface area contributed by atoms with E-state index in [1.165, 1.54) is 35.9 Å². The molecule has 0 bridgehead atoms. The number of amides is 1. The van der Waals surface area contributed by atoms with Crippen LogP contribution in [0, 0.1) is 0 Å². The molecule has 0 unspecified atom stereocenters. The van der Waals surface area contributed by atoms with Crippen LogP contribution in [0.25, 0.3) is 10.9 Å². The Bertz CT molecular complexity index is 851. The van der Waals surface area contributed by atoms with Crippen molar-refractivity contribution in [1.82, 2.24) is 15.3 Å². The largest absolute Gasteiger partial charge is 0.358 e. The van der Waals surface area contributed by atoms with Crippen LogP contribution in [0.5, 0.6) is 0 Å². The van der Waals surface area contributed by atoms with Gasteiger partial charge in [-0.05, 0) is 49.4 Å². The van der Waals surface area contributed by atoms with Gasteiger partial charge in [-0.3, -0.25) is 4.79 Å². The first-order valence-corrected chi connectivity index (χ1v) is 9.49. The van der Waals surface area contributed by atoms with Gasteiger partial charge in [-0.15, -0.1) is 11.3 Å². The lowest BCUT2D eigenvalue weighted by Crippen LogP contribution is -2.25. The van der Waals surface area contributed by atoms with Gasteiger partial charge in [0, 0.05) is 46.7 Å². The second kappa shape index (κ2) is 6.77. The van der Waals surface area contributed by atoms with Gasteiger partial charge in [-0.1, -0.05) is 6.42 Å². The summed E-state index contributed by atoms with van der Waals surface area (Å²) in [6.45, 7) is 0.621. The third-order valence-corrected chi connectivity index (χ3v) is 5.56. The fraction of sp³-hybridized carbons (Fsp3) is 0.368. The predicted octanol–water partition coefficient (Wildman–Crippen LogP) is 3.87. The molecule has 1 aromatic carbocycles.